The minimum atomic E-state index is -4.64. The van der Waals surface area contributed by atoms with E-state index in [1.54, 1.807) is 12.1 Å². The minimum absolute atomic E-state index is 0.183. The number of hydrogen-bond acceptors (Lipinski definition) is 11. The van der Waals surface area contributed by atoms with E-state index in [0.717, 1.165) is 11.1 Å². The van der Waals surface area contributed by atoms with Gasteiger partial charge in [0.05, 0.1) is 36.9 Å². The summed E-state index contributed by atoms with van der Waals surface area (Å²) in [6, 6.07) is 3.57. The van der Waals surface area contributed by atoms with Crippen molar-refractivity contribution >= 4 is 30.2 Å². The summed E-state index contributed by atoms with van der Waals surface area (Å²) >= 11 is 0. The molecule has 0 aromatic heterocycles. The fourth-order valence-corrected chi connectivity index (χ4v) is 6.57. The summed E-state index contributed by atoms with van der Waals surface area (Å²) in [6.07, 6.45) is -7.24. The number of aliphatic hydroxyl groups excluding tert-OH is 1. The van der Waals surface area contributed by atoms with Gasteiger partial charge in [-0.15, -0.1) is 0 Å². The molecule has 0 unspecified atom stereocenters. The molecule has 4 N–H and O–H groups in total. The van der Waals surface area contributed by atoms with E-state index in [1.807, 2.05) is 13.1 Å². The number of ether oxygens (including phenoxy) is 3. The zero-order valence-electron chi connectivity index (χ0n) is 23.3. The molecule has 13 nitrogen and oxygen atoms in total. The van der Waals surface area contributed by atoms with Crippen LogP contribution in [0, 0.1) is 0 Å². The maximum Gasteiger partial charge on any atom is 0.446 e. The zero-order chi connectivity index (χ0) is 32.6. The van der Waals surface area contributed by atoms with Crippen LogP contribution in [-0.2, 0) is 51.9 Å². The molecule has 1 aromatic rings. The number of halogens is 3. The molecule has 240 valence electrons. The summed E-state index contributed by atoms with van der Waals surface area (Å²) in [7, 11) is 1.97. The van der Waals surface area contributed by atoms with Crippen molar-refractivity contribution in [2.75, 3.05) is 13.6 Å². The van der Waals surface area contributed by atoms with E-state index in [2.05, 4.69) is 9.64 Å². The number of aliphatic carboxylic acids is 2. The lowest BCUT2D eigenvalue weighted by Crippen LogP contribution is -2.74. The van der Waals surface area contributed by atoms with Gasteiger partial charge in [-0.2, -0.15) is 13.2 Å². The van der Waals surface area contributed by atoms with Crippen molar-refractivity contribution in [3.63, 3.8) is 0 Å². The number of carbonyl (C=O) groups excluding carboxylic acids is 3. The number of nitrogens with zero attached hydrogens (tertiary/aromatic N) is 1. The van der Waals surface area contributed by atoms with Crippen molar-refractivity contribution in [1.82, 2.24) is 4.90 Å². The number of carboxylic acid groups (broad SMARTS) is 2. The average molecular weight is 630 g/mol. The summed E-state index contributed by atoms with van der Waals surface area (Å²) < 4.78 is 47.9. The van der Waals surface area contributed by atoms with Gasteiger partial charge < -0.3 is 39.5 Å². The Labute approximate surface area is 247 Å². The number of aldehydes is 1. The van der Waals surface area contributed by atoms with Gasteiger partial charge in [0.1, 0.15) is 11.5 Å². The Hall–Kier alpha value is -4.02. The van der Waals surface area contributed by atoms with Crippen LogP contribution in [0.2, 0.25) is 0 Å². The Balaban J connectivity index is 0.000000670. The monoisotopic (exact) mass is 629 g/mol. The van der Waals surface area contributed by atoms with Gasteiger partial charge in [-0.1, -0.05) is 12.1 Å². The summed E-state index contributed by atoms with van der Waals surface area (Å²) in [4.78, 5) is 57.5. The molecule has 2 aliphatic carbocycles. The number of likely N-dealkylation sites (tertiary alicyclic amines) is 1. The molecule has 2 bridgehead atoms. The molecule has 0 amide bonds. The SMILES string of the molecule is CN1CC[C@]23c4c5ccc(CO)c4O[C@H]2C(OC(=O)CCC(=O)O[C@@H](CC(=O)O)C(=O)O)=CC[C@@]3(O)[C@H]1C5.O=CC(F)(F)F. The second-order valence-corrected chi connectivity index (χ2v) is 10.9. The molecule has 5 rings (SSSR count). The number of hydrogen-bond donors (Lipinski definition) is 4. The van der Waals surface area contributed by atoms with Crippen LogP contribution in [0.1, 0.15) is 48.8 Å². The molecular weight excluding hydrogens is 599 g/mol. The van der Waals surface area contributed by atoms with Crippen LogP contribution in [0.25, 0.3) is 0 Å². The third kappa shape index (κ3) is 5.88. The van der Waals surface area contributed by atoms with Crippen LogP contribution >= 0.6 is 0 Å². The van der Waals surface area contributed by atoms with E-state index < -0.39 is 78.8 Å². The number of carboxylic acids is 2. The number of esters is 2. The molecule has 4 aliphatic rings. The molecule has 16 heteroatoms. The van der Waals surface area contributed by atoms with Crippen LogP contribution in [0.3, 0.4) is 0 Å². The molecule has 5 atom stereocenters. The molecule has 1 spiro atoms. The summed E-state index contributed by atoms with van der Waals surface area (Å²) in [5.74, 6) is -4.18. The first kappa shape index (κ1) is 32.9. The fourth-order valence-electron chi connectivity index (χ4n) is 6.57. The van der Waals surface area contributed by atoms with E-state index in [1.165, 1.54) is 0 Å². The number of carbonyl (C=O) groups is 5. The van der Waals surface area contributed by atoms with Crippen molar-refractivity contribution in [3.8, 4) is 5.75 Å². The lowest BCUT2D eigenvalue weighted by Gasteiger charge is -2.61. The first-order valence-corrected chi connectivity index (χ1v) is 13.5. The van der Waals surface area contributed by atoms with Gasteiger partial charge in [-0.05, 0) is 38.1 Å². The van der Waals surface area contributed by atoms with Crippen LogP contribution < -0.4 is 4.74 Å². The Bertz CT molecular complexity index is 1390. The van der Waals surface area contributed by atoms with Gasteiger partial charge in [-0.25, -0.2) is 4.79 Å². The van der Waals surface area contributed by atoms with Gasteiger partial charge in [0.15, 0.2) is 6.10 Å². The summed E-state index contributed by atoms with van der Waals surface area (Å²) in [6.45, 7) is 0.427. The average Bonchev–Trinajstić information content (AvgIpc) is 3.30. The van der Waals surface area contributed by atoms with Crippen LogP contribution in [0.15, 0.2) is 24.0 Å². The van der Waals surface area contributed by atoms with Gasteiger partial charge in [0.2, 0.25) is 12.4 Å². The third-order valence-electron chi connectivity index (χ3n) is 8.43. The van der Waals surface area contributed by atoms with Gasteiger partial charge in [-0.3, -0.25) is 19.2 Å². The van der Waals surface area contributed by atoms with Crippen molar-refractivity contribution in [3.05, 3.63) is 40.7 Å². The zero-order valence-corrected chi connectivity index (χ0v) is 23.3. The predicted molar refractivity (Wildman–Crippen MR) is 138 cm³/mol. The standard InChI is InChI=1S/C26H29NO11.C2HF3O/c1-27-9-8-25-21-13-2-3-14(12-28)22(21)38-23(25)15(6-7-26(25,35)17(27)10-13)36-19(31)4-5-20(32)37-16(24(33)34)11-18(29)30;3-2(4,5)1-6/h2-3,6,16-17,23,28,35H,4-5,7-12H2,1H3,(H,29,30)(H,33,34);1H/t16-,17+,23-,25-,26+;/m0./s1. The van der Waals surface area contributed by atoms with E-state index in [0.29, 0.717) is 30.7 Å². The fraction of sp³-hybridized carbons (Fsp3) is 0.536. The van der Waals surface area contributed by atoms with Crippen molar-refractivity contribution in [2.24, 2.45) is 0 Å². The summed E-state index contributed by atoms with van der Waals surface area (Å²) in [5, 5.41) is 39.9. The molecule has 1 fully saturated rings. The minimum Gasteiger partial charge on any atom is -0.481 e. The second kappa shape index (κ2) is 12.2. The molecule has 44 heavy (non-hydrogen) atoms. The Morgan fingerprint density at radius 1 is 1.18 bits per heavy atom. The highest BCUT2D eigenvalue weighted by atomic mass is 19.4. The molecule has 0 radical (unpaired) electrons. The third-order valence-corrected chi connectivity index (χ3v) is 8.43. The quantitative estimate of drug-likeness (QED) is 0.223. The molecule has 0 saturated carbocycles. The highest BCUT2D eigenvalue weighted by Crippen LogP contribution is 2.64. The first-order chi connectivity index (χ1) is 20.6. The van der Waals surface area contributed by atoms with Gasteiger partial charge in [0.25, 0.3) is 0 Å². The van der Waals surface area contributed by atoms with Crippen molar-refractivity contribution in [2.45, 2.75) is 80.6 Å². The molecule has 2 aliphatic heterocycles. The van der Waals surface area contributed by atoms with E-state index in [-0.39, 0.29) is 24.8 Å². The Morgan fingerprint density at radius 3 is 2.43 bits per heavy atom. The van der Waals surface area contributed by atoms with Crippen LogP contribution in [0.4, 0.5) is 13.2 Å². The number of alkyl halides is 3. The second-order valence-electron chi connectivity index (χ2n) is 10.9. The molecular formula is C28H30F3NO12. The number of rotatable bonds is 9. The largest absolute Gasteiger partial charge is 0.481 e. The van der Waals surface area contributed by atoms with Crippen molar-refractivity contribution in [1.29, 1.82) is 0 Å². The smallest absolute Gasteiger partial charge is 0.446 e. The number of aliphatic hydroxyl groups is 2. The Kier molecular flexibility index (Phi) is 9.09. The topological polar surface area (TPSA) is 197 Å². The van der Waals surface area contributed by atoms with E-state index in [4.69, 9.17) is 24.5 Å². The van der Waals surface area contributed by atoms with E-state index >= 15 is 0 Å². The van der Waals surface area contributed by atoms with Gasteiger partial charge >= 0.3 is 30.1 Å². The molecule has 2 heterocycles. The predicted octanol–water partition coefficient (Wildman–Crippen LogP) is 0.999. The summed E-state index contributed by atoms with van der Waals surface area (Å²) in [5.41, 5.74) is 0.379. The maximum absolute atomic E-state index is 12.7. The Morgan fingerprint density at radius 2 is 1.84 bits per heavy atom. The van der Waals surface area contributed by atoms with Gasteiger partial charge in [0, 0.05) is 23.6 Å². The first-order valence-electron chi connectivity index (χ1n) is 13.5. The normalized spacial score (nSPS) is 26.9. The van der Waals surface area contributed by atoms with E-state index in [9.17, 15) is 42.6 Å². The lowest BCUT2D eigenvalue weighted by molar-refractivity contribution is -0.171. The number of piperidine rings is 1. The lowest BCUT2D eigenvalue weighted by atomic mass is 9.50. The number of likely N-dealkylation sites (N-methyl/N-ethyl adjacent to an activating group) is 1. The molecule has 1 saturated heterocycles. The van der Waals surface area contributed by atoms with Crippen molar-refractivity contribution < 1.29 is 71.8 Å². The molecule has 1 aromatic carbocycles. The van der Waals surface area contributed by atoms with Crippen LogP contribution in [-0.4, -0.2) is 99.1 Å². The van der Waals surface area contributed by atoms with Crippen LogP contribution in [0.5, 0.6) is 5.75 Å². The highest BCUT2D eigenvalue weighted by molar-refractivity contribution is 5.84. The number of benzene rings is 1. The maximum atomic E-state index is 12.7. The highest BCUT2D eigenvalue weighted by Gasteiger charge is 2.71.